The average Bonchev–Trinajstić information content (AvgIpc) is 2.86. The molecule has 0 N–H and O–H groups in total. The maximum atomic E-state index is 13.2. The molecule has 1 aromatic rings. The molecule has 30 heavy (non-hydrogen) atoms. The van der Waals surface area contributed by atoms with Crippen LogP contribution in [0.15, 0.2) is 18.2 Å². The fourth-order valence-corrected chi connectivity index (χ4v) is 6.47. The summed E-state index contributed by atoms with van der Waals surface area (Å²) in [6.07, 6.45) is 1.78. The summed E-state index contributed by atoms with van der Waals surface area (Å²) in [6, 6.07) is 6.77. The SMILES string of the molecule is CCCS(=O)(=O)N1CCC(N2C(=S)N(c3ccc(C#N)c(Cl)c3)C(=O)C2(C)C)CC1. The standard InChI is InChI=1S/C20H25ClN4O3S2/c1-4-11-30(27,28)23-9-7-15(8-10-23)25-19(29)24(18(26)20(25,2)3)16-6-5-14(13-22)17(21)12-16/h5-6,12,15H,4,7-11H2,1-3H3. The normalized spacial score (nSPS) is 20.6. The Morgan fingerprint density at radius 1 is 1.30 bits per heavy atom. The number of piperidine rings is 1. The first-order valence-electron chi connectivity index (χ1n) is 9.90. The Morgan fingerprint density at radius 2 is 1.93 bits per heavy atom. The fourth-order valence-electron chi connectivity index (χ4n) is 4.15. The van der Waals surface area contributed by atoms with Crippen LogP contribution in [0.2, 0.25) is 5.02 Å². The molecule has 1 amide bonds. The van der Waals surface area contributed by atoms with E-state index in [1.807, 2.05) is 31.7 Å². The molecule has 2 heterocycles. The smallest absolute Gasteiger partial charge is 0.258 e. The van der Waals surface area contributed by atoms with Crippen LogP contribution in [0.4, 0.5) is 5.69 Å². The lowest BCUT2D eigenvalue weighted by atomic mass is 9.97. The van der Waals surface area contributed by atoms with E-state index < -0.39 is 15.6 Å². The number of hydrogen-bond acceptors (Lipinski definition) is 5. The molecular formula is C20H25ClN4O3S2. The van der Waals surface area contributed by atoms with Gasteiger partial charge in [-0.1, -0.05) is 18.5 Å². The summed E-state index contributed by atoms with van der Waals surface area (Å²) in [5.41, 5.74) is -0.0191. The number of carbonyl (C=O) groups is 1. The zero-order valence-corrected chi connectivity index (χ0v) is 19.6. The summed E-state index contributed by atoms with van der Waals surface area (Å²) in [4.78, 5) is 16.6. The Hall–Kier alpha value is -1.73. The van der Waals surface area contributed by atoms with Gasteiger partial charge in [-0.15, -0.1) is 0 Å². The maximum absolute atomic E-state index is 13.2. The van der Waals surface area contributed by atoms with Crippen molar-refractivity contribution in [2.24, 2.45) is 0 Å². The number of halogens is 1. The van der Waals surface area contributed by atoms with Crippen molar-refractivity contribution >= 4 is 50.5 Å². The molecule has 162 valence electrons. The molecule has 1 aromatic carbocycles. The number of rotatable bonds is 5. The zero-order chi connectivity index (χ0) is 22.3. The molecule has 2 fully saturated rings. The Labute approximate surface area is 188 Å². The number of sulfonamides is 1. The third-order valence-electron chi connectivity index (χ3n) is 5.70. The molecule has 2 aliphatic rings. The molecule has 0 radical (unpaired) electrons. The molecule has 0 aromatic heterocycles. The molecule has 2 aliphatic heterocycles. The Balaban J connectivity index is 1.83. The quantitative estimate of drug-likeness (QED) is 0.617. The highest BCUT2D eigenvalue weighted by atomic mass is 35.5. The number of anilines is 1. The first-order valence-corrected chi connectivity index (χ1v) is 12.3. The van der Waals surface area contributed by atoms with Crippen LogP contribution >= 0.6 is 23.8 Å². The second kappa shape index (κ2) is 8.42. The van der Waals surface area contributed by atoms with Crippen LogP contribution in [-0.4, -0.2) is 59.1 Å². The van der Waals surface area contributed by atoms with Crippen LogP contribution in [0.5, 0.6) is 0 Å². The van der Waals surface area contributed by atoms with E-state index in [1.165, 1.54) is 4.90 Å². The molecule has 0 aliphatic carbocycles. The average molecular weight is 469 g/mol. The summed E-state index contributed by atoms with van der Waals surface area (Å²) < 4.78 is 26.3. The van der Waals surface area contributed by atoms with Gasteiger partial charge in [0, 0.05) is 19.1 Å². The number of amides is 1. The van der Waals surface area contributed by atoms with Crippen LogP contribution < -0.4 is 4.90 Å². The van der Waals surface area contributed by atoms with E-state index in [2.05, 4.69) is 0 Å². The van der Waals surface area contributed by atoms with Gasteiger partial charge in [0.2, 0.25) is 10.0 Å². The largest absolute Gasteiger partial charge is 0.331 e. The van der Waals surface area contributed by atoms with E-state index in [-0.39, 0.29) is 22.7 Å². The van der Waals surface area contributed by atoms with Gasteiger partial charge >= 0.3 is 0 Å². The Bertz CT molecular complexity index is 1010. The number of carbonyl (C=O) groups excluding carboxylic acids is 1. The predicted molar refractivity (Wildman–Crippen MR) is 121 cm³/mol. The summed E-state index contributed by atoms with van der Waals surface area (Å²) in [6.45, 7) is 6.34. The number of thiocarbonyl (C=S) groups is 1. The van der Waals surface area contributed by atoms with E-state index in [0.717, 1.165) is 0 Å². The third-order valence-corrected chi connectivity index (χ3v) is 8.47. The minimum atomic E-state index is -3.23. The lowest BCUT2D eigenvalue weighted by Crippen LogP contribution is -2.54. The van der Waals surface area contributed by atoms with Crippen molar-refractivity contribution in [1.29, 1.82) is 5.26 Å². The van der Waals surface area contributed by atoms with Crippen LogP contribution in [-0.2, 0) is 14.8 Å². The summed E-state index contributed by atoms with van der Waals surface area (Å²) in [5, 5.41) is 9.73. The highest BCUT2D eigenvalue weighted by Gasteiger charge is 2.52. The lowest BCUT2D eigenvalue weighted by molar-refractivity contribution is -0.124. The van der Waals surface area contributed by atoms with Crippen molar-refractivity contribution in [2.75, 3.05) is 23.7 Å². The van der Waals surface area contributed by atoms with Crippen molar-refractivity contribution in [3.63, 3.8) is 0 Å². The summed E-state index contributed by atoms with van der Waals surface area (Å²) in [5.74, 6) is -0.0221. The molecule has 0 saturated carbocycles. The third kappa shape index (κ3) is 3.94. The molecule has 0 spiro atoms. The zero-order valence-electron chi connectivity index (χ0n) is 17.3. The van der Waals surface area contributed by atoms with Gasteiger partial charge in [0.25, 0.3) is 5.91 Å². The van der Waals surface area contributed by atoms with Crippen molar-refractivity contribution in [3.8, 4) is 6.07 Å². The number of benzene rings is 1. The number of nitriles is 1. The highest BCUT2D eigenvalue weighted by Crippen LogP contribution is 2.37. The second-order valence-corrected chi connectivity index (χ2v) is 10.9. The number of nitrogens with zero attached hydrogens (tertiary/aromatic N) is 4. The van der Waals surface area contributed by atoms with Gasteiger partial charge in [0.05, 0.1) is 22.0 Å². The van der Waals surface area contributed by atoms with Gasteiger partial charge in [-0.2, -0.15) is 5.26 Å². The fraction of sp³-hybridized carbons (Fsp3) is 0.550. The molecule has 3 rings (SSSR count). The first-order chi connectivity index (χ1) is 14.0. The Kier molecular flexibility index (Phi) is 6.44. The van der Waals surface area contributed by atoms with Gasteiger partial charge in [-0.25, -0.2) is 12.7 Å². The molecule has 0 atom stereocenters. The van der Waals surface area contributed by atoms with Crippen molar-refractivity contribution in [1.82, 2.24) is 9.21 Å². The van der Waals surface area contributed by atoms with Crippen LogP contribution in [0.1, 0.15) is 45.6 Å². The van der Waals surface area contributed by atoms with Gasteiger partial charge in [-0.3, -0.25) is 9.69 Å². The van der Waals surface area contributed by atoms with E-state index in [4.69, 9.17) is 29.1 Å². The topological polar surface area (TPSA) is 84.7 Å². The van der Waals surface area contributed by atoms with Gasteiger partial charge < -0.3 is 4.90 Å². The minimum absolute atomic E-state index is 0.0385. The van der Waals surface area contributed by atoms with Crippen molar-refractivity contribution in [2.45, 2.75) is 51.6 Å². The highest BCUT2D eigenvalue weighted by molar-refractivity contribution is 7.89. The number of hydrogen-bond donors (Lipinski definition) is 0. The first kappa shape index (κ1) is 22.9. The van der Waals surface area contributed by atoms with Gasteiger partial charge in [-0.05, 0) is 63.5 Å². The van der Waals surface area contributed by atoms with E-state index in [0.29, 0.717) is 48.7 Å². The van der Waals surface area contributed by atoms with Crippen LogP contribution in [0.3, 0.4) is 0 Å². The maximum Gasteiger partial charge on any atom is 0.258 e. The molecule has 0 bridgehead atoms. The Morgan fingerprint density at radius 3 is 2.47 bits per heavy atom. The molecular weight excluding hydrogens is 444 g/mol. The molecule has 10 heteroatoms. The van der Waals surface area contributed by atoms with Crippen LogP contribution in [0.25, 0.3) is 0 Å². The van der Waals surface area contributed by atoms with E-state index >= 15 is 0 Å². The van der Waals surface area contributed by atoms with E-state index in [1.54, 1.807) is 22.5 Å². The molecule has 7 nitrogen and oxygen atoms in total. The minimum Gasteiger partial charge on any atom is -0.331 e. The summed E-state index contributed by atoms with van der Waals surface area (Å²) >= 11 is 11.9. The second-order valence-electron chi connectivity index (χ2n) is 8.07. The van der Waals surface area contributed by atoms with Crippen LogP contribution in [0, 0.1) is 11.3 Å². The predicted octanol–water partition coefficient (Wildman–Crippen LogP) is 3.13. The van der Waals surface area contributed by atoms with Crippen molar-refractivity contribution in [3.05, 3.63) is 28.8 Å². The molecule has 2 saturated heterocycles. The summed E-state index contributed by atoms with van der Waals surface area (Å²) in [7, 11) is -3.23. The monoisotopic (exact) mass is 468 g/mol. The van der Waals surface area contributed by atoms with Crippen molar-refractivity contribution < 1.29 is 13.2 Å². The molecule has 0 unspecified atom stereocenters. The van der Waals surface area contributed by atoms with Gasteiger partial charge in [0.1, 0.15) is 11.6 Å². The van der Waals surface area contributed by atoms with E-state index in [9.17, 15) is 13.2 Å². The lowest BCUT2D eigenvalue weighted by Gasteiger charge is -2.41. The van der Waals surface area contributed by atoms with Gasteiger partial charge in [0.15, 0.2) is 5.11 Å².